The van der Waals surface area contributed by atoms with Crippen molar-refractivity contribution in [2.75, 3.05) is 0 Å². The number of hydrogen-bond donors (Lipinski definition) is 2. The Hall–Kier alpha value is -2.35. The third kappa shape index (κ3) is 3.94. The average Bonchev–Trinajstić information content (AvgIpc) is 2.55. The number of nitriles is 1. The third-order valence-corrected chi connectivity index (χ3v) is 4.72. The normalized spacial score (nSPS) is 16.4. The third-order valence-electron chi connectivity index (χ3n) is 4.72. The molecule has 0 atom stereocenters. The average molecular weight is 328 g/mol. The summed E-state index contributed by atoms with van der Waals surface area (Å²) < 4.78 is 0. The van der Waals surface area contributed by atoms with Gasteiger partial charge in [0.1, 0.15) is 5.54 Å². The van der Waals surface area contributed by atoms with E-state index in [0.717, 1.165) is 30.4 Å². The quantitative estimate of drug-likeness (QED) is 0.869. The van der Waals surface area contributed by atoms with Crippen LogP contribution >= 0.6 is 0 Å². The second-order valence-corrected chi connectivity index (χ2v) is 6.86. The predicted octanol–water partition coefficient (Wildman–Crippen LogP) is 3.13. The fourth-order valence-electron chi connectivity index (χ4n) is 3.35. The molecule has 128 valence electrons. The lowest BCUT2D eigenvalue weighted by atomic mass is 9.81. The van der Waals surface area contributed by atoms with Crippen LogP contribution < -0.4 is 5.32 Å². The topological polar surface area (TPSA) is 90.2 Å². The van der Waals surface area contributed by atoms with Crippen LogP contribution in [-0.2, 0) is 16.0 Å². The maximum atomic E-state index is 12.4. The van der Waals surface area contributed by atoms with E-state index in [9.17, 15) is 14.7 Å². The molecule has 0 radical (unpaired) electrons. The first-order chi connectivity index (χ1) is 11.4. The Morgan fingerprint density at radius 2 is 1.96 bits per heavy atom. The lowest BCUT2D eigenvalue weighted by Crippen LogP contribution is -2.55. The van der Waals surface area contributed by atoms with E-state index in [1.54, 1.807) is 12.1 Å². The van der Waals surface area contributed by atoms with Gasteiger partial charge in [-0.2, -0.15) is 5.26 Å². The van der Waals surface area contributed by atoms with Gasteiger partial charge in [0.25, 0.3) is 0 Å². The minimum Gasteiger partial charge on any atom is -0.480 e. The number of nitrogens with one attached hydrogen (secondary N) is 1. The van der Waals surface area contributed by atoms with Crippen molar-refractivity contribution in [3.63, 3.8) is 0 Å². The van der Waals surface area contributed by atoms with Crippen LogP contribution in [-0.4, -0.2) is 22.5 Å². The van der Waals surface area contributed by atoms with Gasteiger partial charge < -0.3 is 10.4 Å². The highest BCUT2D eigenvalue weighted by molar-refractivity contribution is 5.88. The van der Waals surface area contributed by atoms with Gasteiger partial charge in [-0.15, -0.1) is 0 Å². The Morgan fingerprint density at radius 1 is 1.29 bits per heavy atom. The fourth-order valence-corrected chi connectivity index (χ4v) is 3.35. The monoisotopic (exact) mass is 328 g/mol. The summed E-state index contributed by atoms with van der Waals surface area (Å²) >= 11 is 0. The number of aliphatic carboxylic acids is 1. The molecule has 1 fully saturated rings. The van der Waals surface area contributed by atoms with Gasteiger partial charge >= 0.3 is 5.97 Å². The number of carbonyl (C=O) groups is 2. The molecule has 2 rings (SSSR count). The first kappa shape index (κ1) is 18.0. The van der Waals surface area contributed by atoms with Crippen molar-refractivity contribution in [1.29, 1.82) is 5.26 Å². The second kappa shape index (κ2) is 7.48. The Morgan fingerprint density at radius 3 is 2.50 bits per heavy atom. The Labute approximate surface area is 142 Å². The van der Waals surface area contributed by atoms with Crippen LogP contribution in [0.1, 0.15) is 68.6 Å². The van der Waals surface area contributed by atoms with Gasteiger partial charge in [-0.1, -0.05) is 45.2 Å². The largest absolute Gasteiger partial charge is 0.480 e. The SMILES string of the molecule is CC(C)c1cc(CC(=O)NC2(C(=O)O)CCCCC2)ccc1C#N. The minimum atomic E-state index is -1.12. The van der Waals surface area contributed by atoms with Crippen molar-refractivity contribution >= 4 is 11.9 Å². The summed E-state index contributed by atoms with van der Waals surface area (Å²) in [5.41, 5.74) is 1.20. The first-order valence-electron chi connectivity index (χ1n) is 8.45. The molecule has 0 bridgehead atoms. The molecule has 0 heterocycles. The molecular weight excluding hydrogens is 304 g/mol. The molecule has 1 aliphatic rings. The van der Waals surface area contributed by atoms with Crippen molar-refractivity contribution in [2.45, 2.75) is 63.8 Å². The number of nitrogens with zero attached hydrogens (tertiary/aromatic N) is 1. The Bertz CT molecular complexity index is 668. The molecule has 0 aromatic heterocycles. The van der Waals surface area contributed by atoms with E-state index in [0.29, 0.717) is 18.4 Å². The zero-order valence-electron chi connectivity index (χ0n) is 14.3. The van der Waals surface area contributed by atoms with E-state index in [1.165, 1.54) is 0 Å². The zero-order valence-corrected chi connectivity index (χ0v) is 14.3. The molecule has 1 saturated carbocycles. The molecule has 1 amide bonds. The summed E-state index contributed by atoms with van der Waals surface area (Å²) in [7, 11) is 0. The summed E-state index contributed by atoms with van der Waals surface area (Å²) in [6.07, 6.45) is 3.75. The molecule has 0 aliphatic heterocycles. The van der Waals surface area contributed by atoms with E-state index in [1.807, 2.05) is 19.9 Å². The van der Waals surface area contributed by atoms with Gasteiger partial charge in [-0.05, 0) is 36.0 Å². The molecule has 0 saturated heterocycles. The van der Waals surface area contributed by atoms with Crippen LogP contribution in [0.15, 0.2) is 18.2 Å². The van der Waals surface area contributed by atoms with Crippen LogP contribution in [0, 0.1) is 11.3 Å². The first-order valence-corrected chi connectivity index (χ1v) is 8.45. The Kier molecular flexibility index (Phi) is 5.61. The van der Waals surface area contributed by atoms with Gasteiger partial charge in [0.15, 0.2) is 0 Å². The van der Waals surface area contributed by atoms with Crippen LogP contribution in [0.25, 0.3) is 0 Å². The van der Waals surface area contributed by atoms with E-state index in [4.69, 9.17) is 5.26 Å². The number of carboxylic acids is 1. The predicted molar refractivity (Wildman–Crippen MR) is 90.5 cm³/mol. The summed E-state index contributed by atoms with van der Waals surface area (Å²) in [6, 6.07) is 7.53. The fraction of sp³-hybridized carbons (Fsp3) is 0.526. The number of benzene rings is 1. The van der Waals surface area contributed by atoms with E-state index < -0.39 is 11.5 Å². The highest BCUT2D eigenvalue weighted by Crippen LogP contribution is 2.29. The van der Waals surface area contributed by atoms with E-state index in [-0.39, 0.29) is 18.2 Å². The number of carbonyl (C=O) groups excluding carboxylic acids is 1. The summed E-state index contributed by atoms with van der Waals surface area (Å²) in [6.45, 7) is 4.00. The maximum Gasteiger partial charge on any atom is 0.329 e. The van der Waals surface area contributed by atoms with Crippen LogP contribution in [0.3, 0.4) is 0 Å². The number of amides is 1. The summed E-state index contributed by atoms with van der Waals surface area (Å²) in [5.74, 6) is -1.04. The van der Waals surface area contributed by atoms with Gasteiger partial charge in [-0.25, -0.2) is 4.79 Å². The molecule has 1 aromatic carbocycles. The smallest absolute Gasteiger partial charge is 0.329 e. The molecule has 5 heteroatoms. The van der Waals surface area contributed by atoms with Crippen molar-refractivity contribution in [3.05, 3.63) is 34.9 Å². The maximum absolute atomic E-state index is 12.4. The molecule has 24 heavy (non-hydrogen) atoms. The number of carboxylic acid groups (broad SMARTS) is 1. The highest BCUT2D eigenvalue weighted by Gasteiger charge is 2.40. The van der Waals surface area contributed by atoms with Gasteiger partial charge in [0.05, 0.1) is 18.1 Å². The molecule has 2 N–H and O–H groups in total. The van der Waals surface area contributed by atoms with E-state index in [2.05, 4.69) is 11.4 Å². The molecule has 1 aromatic rings. The van der Waals surface area contributed by atoms with E-state index >= 15 is 0 Å². The van der Waals surface area contributed by atoms with Crippen molar-refractivity contribution in [3.8, 4) is 6.07 Å². The molecule has 5 nitrogen and oxygen atoms in total. The standard InChI is InChI=1S/C19H24N2O3/c1-13(2)16-10-14(6-7-15(16)12-20)11-17(22)21-19(18(23)24)8-4-3-5-9-19/h6-7,10,13H,3-5,8-9,11H2,1-2H3,(H,21,22)(H,23,24). The lowest BCUT2D eigenvalue weighted by Gasteiger charge is -2.34. The molecule has 0 spiro atoms. The Balaban J connectivity index is 2.13. The molecular formula is C19H24N2O3. The van der Waals surface area contributed by atoms with Crippen LogP contribution in [0.5, 0.6) is 0 Å². The number of hydrogen-bond acceptors (Lipinski definition) is 3. The molecule has 0 unspecified atom stereocenters. The van der Waals surface area contributed by atoms with Gasteiger partial charge in [0.2, 0.25) is 5.91 Å². The zero-order chi connectivity index (χ0) is 17.7. The summed E-state index contributed by atoms with van der Waals surface area (Å²) in [4.78, 5) is 24.0. The molecule has 1 aliphatic carbocycles. The highest BCUT2D eigenvalue weighted by atomic mass is 16.4. The minimum absolute atomic E-state index is 0.125. The van der Waals surface area contributed by atoms with Crippen molar-refractivity contribution < 1.29 is 14.7 Å². The second-order valence-electron chi connectivity index (χ2n) is 6.86. The van der Waals surface area contributed by atoms with Crippen LogP contribution in [0.2, 0.25) is 0 Å². The summed E-state index contributed by atoms with van der Waals surface area (Å²) in [5, 5.41) is 21.4. The lowest BCUT2D eigenvalue weighted by molar-refractivity contribution is -0.149. The van der Waals surface area contributed by atoms with Gasteiger partial charge in [0, 0.05) is 0 Å². The number of rotatable bonds is 5. The van der Waals surface area contributed by atoms with Crippen LogP contribution in [0.4, 0.5) is 0 Å². The van der Waals surface area contributed by atoms with Crippen molar-refractivity contribution in [2.24, 2.45) is 0 Å². The van der Waals surface area contributed by atoms with Crippen molar-refractivity contribution in [1.82, 2.24) is 5.32 Å². The van der Waals surface area contributed by atoms with Gasteiger partial charge in [-0.3, -0.25) is 4.79 Å².